The molecule has 3 heterocycles. The Labute approximate surface area is 207 Å². The lowest BCUT2D eigenvalue weighted by Crippen LogP contribution is -2.27. The highest BCUT2D eigenvalue weighted by Gasteiger charge is 2.42. The Morgan fingerprint density at radius 1 is 1.09 bits per heavy atom. The van der Waals surface area contributed by atoms with Gasteiger partial charge in [0.15, 0.2) is 5.43 Å². The summed E-state index contributed by atoms with van der Waals surface area (Å²) in [6.07, 6.45) is -0.165. The molecule has 0 spiro atoms. The summed E-state index contributed by atoms with van der Waals surface area (Å²) in [5, 5.41) is 0.102. The van der Waals surface area contributed by atoms with Crippen LogP contribution < -0.4 is 11.2 Å². The van der Waals surface area contributed by atoms with E-state index in [1.54, 1.807) is 12.3 Å². The zero-order chi connectivity index (χ0) is 24.8. The molecule has 0 aliphatic heterocycles. The first-order valence-electron chi connectivity index (χ1n) is 11.3. The number of amides is 1. The van der Waals surface area contributed by atoms with Crippen LogP contribution in [0.2, 0.25) is 0 Å². The Morgan fingerprint density at radius 3 is 2.31 bits per heavy atom. The Morgan fingerprint density at radius 2 is 1.74 bits per heavy atom. The van der Waals surface area contributed by atoms with Crippen LogP contribution in [0.15, 0.2) is 35.4 Å². The number of aromatic nitrogens is 3. The second kappa shape index (κ2) is 9.60. The lowest BCUT2D eigenvalue weighted by molar-refractivity contribution is -0.182. The number of nitrogens with two attached hydrogens (primary N) is 1. The van der Waals surface area contributed by atoms with Gasteiger partial charge in [0, 0.05) is 35.1 Å². The topological polar surface area (TPSA) is 102 Å². The summed E-state index contributed by atoms with van der Waals surface area (Å²) in [5.41, 5.74) is 7.84. The average molecular weight is 509 g/mol. The van der Waals surface area contributed by atoms with E-state index in [1.807, 2.05) is 26.8 Å². The van der Waals surface area contributed by atoms with Crippen LogP contribution in [0.3, 0.4) is 0 Å². The molecule has 0 saturated heterocycles. The van der Waals surface area contributed by atoms with Gasteiger partial charge in [-0.15, -0.1) is 12.4 Å². The fraction of sp³-hybridized carbons (Fsp3) is 0.440. The van der Waals surface area contributed by atoms with Gasteiger partial charge in [-0.25, -0.2) is 0 Å². The summed E-state index contributed by atoms with van der Waals surface area (Å²) in [6, 6.07) is 4.91. The first kappa shape index (κ1) is 26.7. The molecule has 1 amide bonds. The minimum Gasteiger partial charge on any atom is -0.364 e. The van der Waals surface area contributed by atoms with Gasteiger partial charge in [-0.1, -0.05) is 20.8 Å². The van der Waals surface area contributed by atoms with Crippen molar-refractivity contribution in [3.05, 3.63) is 57.8 Å². The number of rotatable bonds is 3. The smallest absolute Gasteiger partial charge is 0.364 e. The Balaban J connectivity index is 0.00000342. The average Bonchev–Trinajstić information content (AvgIpc) is 2.77. The quantitative estimate of drug-likeness (QED) is 0.478. The normalized spacial score (nSPS) is 18.8. The fourth-order valence-corrected chi connectivity index (χ4v) is 4.71. The molecule has 1 aliphatic rings. The van der Waals surface area contributed by atoms with Gasteiger partial charge < -0.3 is 10.7 Å². The third-order valence-corrected chi connectivity index (χ3v) is 6.60. The van der Waals surface area contributed by atoms with Crippen LogP contribution in [-0.2, 0) is 5.41 Å². The second-order valence-electron chi connectivity index (χ2n) is 9.99. The van der Waals surface area contributed by atoms with Gasteiger partial charge in [-0.2, -0.15) is 13.2 Å². The van der Waals surface area contributed by atoms with Crippen LogP contribution in [-0.4, -0.2) is 27.0 Å². The van der Waals surface area contributed by atoms with Gasteiger partial charge in [-0.05, 0) is 49.3 Å². The molecule has 1 saturated carbocycles. The van der Waals surface area contributed by atoms with Gasteiger partial charge in [0.2, 0.25) is 0 Å². The molecule has 3 N–H and O–H groups in total. The maximum absolute atomic E-state index is 13.2. The number of halogens is 4. The van der Waals surface area contributed by atoms with E-state index in [0.717, 1.165) is 11.3 Å². The molecule has 1 aliphatic carbocycles. The lowest BCUT2D eigenvalue weighted by Gasteiger charge is -2.32. The lowest BCUT2D eigenvalue weighted by atomic mass is 9.76. The molecule has 0 radical (unpaired) electrons. The van der Waals surface area contributed by atoms with Gasteiger partial charge >= 0.3 is 6.18 Å². The number of carbonyl (C=O) groups excluding carboxylic acids is 1. The second-order valence-corrected chi connectivity index (χ2v) is 9.99. The number of primary amides is 1. The summed E-state index contributed by atoms with van der Waals surface area (Å²) >= 11 is 0. The summed E-state index contributed by atoms with van der Waals surface area (Å²) in [7, 11) is 0. The van der Waals surface area contributed by atoms with Crippen molar-refractivity contribution in [1.82, 2.24) is 15.0 Å². The molecular weight excluding hydrogens is 481 g/mol. The Bertz CT molecular complexity index is 1310. The first-order valence-corrected chi connectivity index (χ1v) is 11.3. The highest BCUT2D eigenvalue weighted by molar-refractivity contribution is 6.03. The SMILES string of the molecule is CC(C)(C)c1cc(C2CCC(C(F)(F)F)CC2)c(-c2cc(=O)c3c(C(N)=O)nccc3[nH]2)cn1.Cl. The molecule has 0 aromatic carbocycles. The predicted molar refractivity (Wildman–Crippen MR) is 131 cm³/mol. The number of alkyl halides is 3. The molecule has 3 aromatic heterocycles. The van der Waals surface area contributed by atoms with Crippen LogP contribution in [0.4, 0.5) is 13.2 Å². The van der Waals surface area contributed by atoms with E-state index in [9.17, 15) is 22.8 Å². The molecule has 4 rings (SSSR count). The predicted octanol–water partition coefficient (Wildman–Crippen LogP) is 5.64. The standard InChI is InChI=1S/C25H27F3N4O2.ClH/c1-24(2,3)20-10-15(13-4-6-14(7-5-13)25(26,27)28)16(12-31-20)18-11-19(33)21-17(32-18)8-9-30-22(21)23(29)34;/h8-14H,4-7H2,1-3H3,(H2,29,34)(H,32,33);1H. The van der Waals surface area contributed by atoms with E-state index < -0.39 is 23.4 Å². The molecule has 188 valence electrons. The highest BCUT2D eigenvalue weighted by Crippen LogP contribution is 2.45. The number of nitrogens with one attached hydrogen (secondary N) is 1. The fourth-order valence-electron chi connectivity index (χ4n) is 4.71. The number of pyridine rings is 3. The van der Waals surface area contributed by atoms with E-state index in [-0.39, 0.29) is 47.7 Å². The molecule has 10 heteroatoms. The van der Waals surface area contributed by atoms with E-state index in [2.05, 4.69) is 15.0 Å². The largest absolute Gasteiger partial charge is 0.391 e. The van der Waals surface area contributed by atoms with E-state index in [1.165, 1.54) is 12.3 Å². The van der Waals surface area contributed by atoms with Crippen LogP contribution in [0.1, 0.15) is 74.1 Å². The molecule has 35 heavy (non-hydrogen) atoms. The summed E-state index contributed by atoms with van der Waals surface area (Å²) < 4.78 is 39.7. The molecule has 6 nitrogen and oxygen atoms in total. The third-order valence-electron chi connectivity index (χ3n) is 6.60. The summed E-state index contributed by atoms with van der Waals surface area (Å²) in [5.74, 6) is -2.17. The molecule has 0 atom stereocenters. The number of nitrogens with zero attached hydrogens (tertiary/aromatic N) is 2. The number of aromatic amines is 1. The van der Waals surface area contributed by atoms with Crippen molar-refractivity contribution < 1.29 is 18.0 Å². The van der Waals surface area contributed by atoms with Gasteiger partial charge in [0.25, 0.3) is 5.91 Å². The summed E-state index contributed by atoms with van der Waals surface area (Å²) in [4.78, 5) is 36.4. The minimum absolute atomic E-state index is 0. The van der Waals surface area contributed by atoms with Crippen LogP contribution in [0.25, 0.3) is 22.2 Å². The molecule has 0 bridgehead atoms. The maximum Gasteiger partial charge on any atom is 0.391 e. The first-order chi connectivity index (χ1) is 15.9. The minimum atomic E-state index is -4.18. The molecule has 3 aromatic rings. The molecule has 0 unspecified atom stereocenters. The van der Waals surface area contributed by atoms with Crippen molar-refractivity contribution in [1.29, 1.82) is 0 Å². The highest BCUT2D eigenvalue weighted by atomic mass is 35.5. The van der Waals surface area contributed by atoms with Crippen molar-refractivity contribution in [3.63, 3.8) is 0 Å². The van der Waals surface area contributed by atoms with Crippen LogP contribution in [0, 0.1) is 5.92 Å². The van der Waals surface area contributed by atoms with Crippen molar-refractivity contribution >= 4 is 29.2 Å². The van der Waals surface area contributed by atoms with E-state index in [0.29, 0.717) is 29.6 Å². The third kappa shape index (κ3) is 5.34. The molecule has 1 fully saturated rings. The van der Waals surface area contributed by atoms with Gasteiger partial charge in [0.05, 0.1) is 22.5 Å². The van der Waals surface area contributed by atoms with E-state index >= 15 is 0 Å². The van der Waals surface area contributed by atoms with Gasteiger partial charge in [0.1, 0.15) is 5.69 Å². The zero-order valence-electron chi connectivity index (χ0n) is 19.7. The maximum atomic E-state index is 13.2. The number of H-pyrrole nitrogens is 1. The number of hydrogen-bond donors (Lipinski definition) is 2. The Kier molecular flexibility index (Phi) is 7.32. The molecular formula is C25H28ClF3N4O2. The van der Waals surface area contributed by atoms with Gasteiger partial charge in [-0.3, -0.25) is 19.6 Å². The monoisotopic (exact) mass is 508 g/mol. The summed E-state index contributed by atoms with van der Waals surface area (Å²) in [6.45, 7) is 6.07. The number of fused-ring (bicyclic) bond motifs is 1. The zero-order valence-corrected chi connectivity index (χ0v) is 20.5. The van der Waals surface area contributed by atoms with Crippen molar-refractivity contribution in [2.45, 2.75) is 64.0 Å². The Hall–Kier alpha value is -2.94. The number of hydrogen-bond acceptors (Lipinski definition) is 4. The van der Waals surface area contributed by atoms with Crippen molar-refractivity contribution in [2.75, 3.05) is 0 Å². The number of carbonyl (C=O) groups is 1. The van der Waals surface area contributed by atoms with Crippen LogP contribution in [0.5, 0.6) is 0 Å². The van der Waals surface area contributed by atoms with Crippen molar-refractivity contribution in [3.8, 4) is 11.3 Å². The van der Waals surface area contributed by atoms with Crippen molar-refractivity contribution in [2.24, 2.45) is 11.7 Å². The van der Waals surface area contributed by atoms with E-state index in [4.69, 9.17) is 5.73 Å². The van der Waals surface area contributed by atoms with Crippen LogP contribution >= 0.6 is 12.4 Å².